The summed E-state index contributed by atoms with van der Waals surface area (Å²) in [6.07, 6.45) is 3.78. The van der Waals surface area contributed by atoms with Crippen LogP contribution in [0.4, 0.5) is 4.39 Å². The third-order valence-corrected chi connectivity index (χ3v) is 4.97. The van der Waals surface area contributed by atoms with Gasteiger partial charge in [0.15, 0.2) is 0 Å². The molecule has 0 aliphatic heterocycles. The molecule has 1 aromatic rings. The predicted octanol–water partition coefficient (Wildman–Crippen LogP) is 4.95. The molecule has 106 valence electrons. The van der Waals surface area contributed by atoms with Gasteiger partial charge in [-0.15, -0.1) is 0 Å². The van der Waals surface area contributed by atoms with Gasteiger partial charge < -0.3 is 5.32 Å². The quantitative estimate of drug-likeness (QED) is 0.824. The standard InChI is InChI=1S/C16H23ClFN/c1-4-12-6-8-16(10(12)2)19-11(3)13-5-7-14(17)15(18)9-13/h5,7,9-12,16,19H,4,6,8H2,1-3H3. The van der Waals surface area contributed by atoms with E-state index in [1.54, 1.807) is 6.07 Å². The van der Waals surface area contributed by atoms with Gasteiger partial charge in [-0.3, -0.25) is 0 Å². The molecular formula is C16H23ClFN. The highest BCUT2D eigenvalue weighted by atomic mass is 35.5. The summed E-state index contributed by atoms with van der Waals surface area (Å²) in [6.45, 7) is 6.68. The van der Waals surface area contributed by atoms with Crippen LogP contribution in [-0.2, 0) is 0 Å². The highest BCUT2D eigenvalue weighted by molar-refractivity contribution is 6.30. The molecule has 1 aliphatic rings. The summed E-state index contributed by atoms with van der Waals surface area (Å²) in [6, 6.07) is 5.78. The van der Waals surface area contributed by atoms with Crippen molar-refractivity contribution in [2.75, 3.05) is 0 Å². The normalized spacial score (nSPS) is 28.6. The molecule has 0 spiro atoms. The summed E-state index contributed by atoms with van der Waals surface area (Å²) in [5.41, 5.74) is 0.967. The van der Waals surface area contributed by atoms with Crippen LogP contribution in [-0.4, -0.2) is 6.04 Å². The molecule has 1 fully saturated rings. The Hall–Kier alpha value is -0.600. The minimum absolute atomic E-state index is 0.162. The van der Waals surface area contributed by atoms with Gasteiger partial charge in [-0.05, 0) is 49.3 Å². The zero-order chi connectivity index (χ0) is 14.0. The molecule has 0 saturated heterocycles. The van der Waals surface area contributed by atoms with E-state index in [0.717, 1.165) is 11.5 Å². The largest absolute Gasteiger partial charge is 0.307 e. The van der Waals surface area contributed by atoms with E-state index >= 15 is 0 Å². The Kier molecular flexibility index (Phi) is 4.86. The van der Waals surface area contributed by atoms with E-state index in [1.807, 2.05) is 6.07 Å². The first-order chi connectivity index (χ1) is 9.02. The van der Waals surface area contributed by atoms with Crippen molar-refractivity contribution in [2.24, 2.45) is 11.8 Å². The van der Waals surface area contributed by atoms with Gasteiger partial charge in [-0.25, -0.2) is 4.39 Å². The lowest BCUT2D eigenvalue weighted by atomic mass is 9.93. The fourth-order valence-electron chi connectivity index (χ4n) is 3.26. The van der Waals surface area contributed by atoms with Crippen LogP contribution in [0.15, 0.2) is 18.2 Å². The van der Waals surface area contributed by atoms with Crippen molar-refractivity contribution in [1.82, 2.24) is 5.32 Å². The fourth-order valence-corrected chi connectivity index (χ4v) is 3.38. The van der Waals surface area contributed by atoms with E-state index in [1.165, 1.54) is 25.3 Å². The third kappa shape index (κ3) is 3.29. The molecule has 4 unspecified atom stereocenters. The maximum Gasteiger partial charge on any atom is 0.142 e. The molecule has 1 saturated carbocycles. The van der Waals surface area contributed by atoms with Gasteiger partial charge >= 0.3 is 0 Å². The van der Waals surface area contributed by atoms with E-state index in [4.69, 9.17) is 11.6 Å². The first-order valence-corrected chi connectivity index (χ1v) is 7.61. The van der Waals surface area contributed by atoms with Crippen molar-refractivity contribution in [2.45, 2.75) is 52.1 Å². The van der Waals surface area contributed by atoms with Gasteiger partial charge in [0.1, 0.15) is 5.82 Å². The molecule has 1 aliphatic carbocycles. The van der Waals surface area contributed by atoms with Crippen LogP contribution in [0.3, 0.4) is 0 Å². The summed E-state index contributed by atoms with van der Waals surface area (Å²) < 4.78 is 13.5. The van der Waals surface area contributed by atoms with Crippen molar-refractivity contribution in [1.29, 1.82) is 0 Å². The van der Waals surface area contributed by atoms with Crippen LogP contribution in [0.2, 0.25) is 5.02 Å². The molecule has 0 radical (unpaired) electrons. The van der Waals surface area contributed by atoms with E-state index in [2.05, 4.69) is 26.1 Å². The fraction of sp³-hybridized carbons (Fsp3) is 0.625. The van der Waals surface area contributed by atoms with Crippen LogP contribution in [0.5, 0.6) is 0 Å². The second kappa shape index (κ2) is 6.23. The zero-order valence-electron chi connectivity index (χ0n) is 11.9. The highest BCUT2D eigenvalue weighted by Gasteiger charge is 2.32. The maximum absolute atomic E-state index is 13.5. The van der Waals surface area contributed by atoms with Gasteiger partial charge in [0.2, 0.25) is 0 Å². The molecule has 0 amide bonds. The Labute approximate surface area is 120 Å². The van der Waals surface area contributed by atoms with Crippen LogP contribution < -0.4 is 5.32 Å². The minimum atomic E-state index is -0.335. The first-order valence-electron chi connectivity index (χ1n) is 7.24. The number of halogens is 2. The number of rotatable bonds is 4. The van der Waals surface area contributed by atoms with Crippen molar-refractivity contribution < 1.29 is 4.39 Å². The molecule has 1 nitrogen and oxygen atoms in total. The summed E-state index contributed by atoms with van der Waals surface area (Å²) in [5.74, 6) is 1.19. The van der Waals surface area contributed by atoms with E-state index in [-0.39, 0.29) is 16.9 Å². The van der Waals surface area contributed by atoms with Gasteiger partial charge in [0, 0.05) is 12.1 Å². The lowest BCUT2D eigenvalue weighted by molar-refractivity contribution is 0.327. The summed E-state index contributed by atoms with van der Waals surface area (Å²) in [5, 5.41) is 3.84. The van der Waals surface area contributed by atoms with Crippen molar-refractivity contribution in [3.63, 3.8) is 0 Å². The molecule has 3 heteroatoms. The summed E-state index contributed by atoms with van der Waals surface area (Å²) >= 11 is 5.72. The molecule has 0 heterocycles. The summed E-state index contributed by atoms with van der Waals surface area (Å²) in [4.78, 5) is 0. The Bertz CT molecular complexity index is 435. The topological polar surface area (TPSA) is 12.0 Å². The monoisotopic (exact) mass is 283 g/mol. The van der Waals surface area contributed by atoms with Crippen LogP contribution in [0, 0.1) is 17.7 Å². The van der Waals surface area contributed by atoms with Crippen molar-refractivity contribution in [3.05, 3.63) is 34.6 Å². The molecular weight excluding hydrogens is 261 g/mol. The average Bonchev–Trinajstić information content (AvgIpc) is 2.73. The average molecular weight is 284 g/mol. The minimum Gasteiger partial charge on any atom is -0.307 e. The van der Waals surface area contributed by atoms with Crippen molar-refractivity contribution in [3.8, 4) is 0 Å². The summed E-state index contributed by atoms with van der Waals surface area (Å²) in [7, 11) is 0. The van der Waals surface area contributed by atoms with Gasteiger partial charge in [-0.2, -0.15) is 0 Å². The molecule has 0 aromatic heterocycles. The molecule has 4 atom stereocenters. The lowest BCUT2D eigenvalue weighted by Gasteiger charge is -2.25. The van der Waals surface area contributed by atoms with Crippen LogP contribution in [0.25, 0.3) is 0 Å². The molecule has 19 heavy (non-hydrogen) atoms. The number of hydrogen-bond acceptors (Lipinski definition) is 1. The smallest absolute Gasteiger partial charge is 0.142 e. The lowest BCUT2D eigenvalue weighted by Crippen LogP contribution is -2.34. The SMILES string of the molecule is CCC1CCC(NC(C)c2ccc(Cl)c(F)c2)C1C. The molecule has 2 rings (SSSR count). The Balaban J connectivity index is 2.01. The van der Waals surface area contributed by atoms with Crippen LogP contribution >= 0.6 is 11.6 Å². The van der Waals surface area contributed by atoms with Gasteiger partial charge in [-0.1, -0.05) is 37.9 Å². The second-order valence-electron chi connectivity index (χ2n) is 5.77. The predicted molar refractivity (Wildman–Crippen MR) is 78.9 cm³/mol. The number of nitrogens with one attached hydrogen (secondary N) is 1. The van der Waals surface area contributed by atoms with Gasteiger partial charge in [0.25, 0.3) is 0 Å². The van der Waals surface area contributed by atoms with Crippen molar-refractivity contribution >= 4 is 11.6 Å². The Morgan fingerprint density at radius 2 is 2.16 bits per heavy atom. The maximum atomic E-state index is 13.5. The second-order valence-corrected chi connectivity index (χ2v) is 6.18. The van der Waals surface area contributed by atoms with E-state index < -0.39 is 0 Å². The van der Waals surface area contributed by atoms with E-state index in [0.29, 0.717) is 12.0 Å². The third-order valence-electron chi connectivity index (χ3n) is 4.66. The first kappa shape index (κ1) is 14.8. The zero-order valence-corrected chi connectivity index (χ0v) is 12.7. The van der Waals surface area contributed by atoms with E-state index in [9.17, 15) is 4.39 Å². The molecule has 1 aromatic carbocycles. The van der Waals surface area contributed by atoms with Gasteiger partial charge in [0.05, 0.1) is 5.02 Å². The van der Waals surface area contributed by atoms with Crippen LogP contribution in [0.1, 0.15) is 51.6 Å². The number of hydrogen-bond donors (Lipinski definition) is 1. The Morgan fingerprint density at radius 1 is 1.42 bits per heavy atom. The molecule has 0 bridgehead atoms. The number of benzene rings is 1. The highest BCUT2D eigenvalue weighted by Crippen LogP contribution is 2.35. The molecule has 1 N–H and O–H groups in total. The Morgan fingerprint density at radius 3 is 2.74 bits per heavy atom.